The van der Waals surface area contributed by atoms with Crippen molar-refractivity contribution >= 4 is 40.9 Å². The maximum Gasteiger partial charge on any atom is 0.437 e. The summed E-state index contributed by atoms with van der Waals surface area (Å²) < 4.78 is 45.0. The van der Waals surface area contributed by atoms with Crippen molar-refractivity contribution in [2.45, 2.75) is 12.7 Å². The summed E-state index contributed by atoms with van der Waals surface area (Å²) in [5.74, 6) is -1.19. The van der Waals surface area contributed by atoms with Crippen LogP contribution >= 0.6 is 23.2 Å². The summed E-state index contributed by atoms with van der Waals surface area (Å²) in [6.07, 6.45) is -5.19. The average molecular weight is 457 g/mol. The van der Waals surface area contributed by atoms with Crippen LogP contribution in [0.25, 0.3) is 0 Å². The van der Waals surface area contributed by atoms with Crippen LogP contribution in [0.2, 0.25) is 10.0 Å². The van der Waals surface area contributed by atoms with Crippen molar-refractivity contribution in [2.75, 3.05) is 5.32 Å². The number of ether oxygens (including phenoxy) is 1. The number of nitrogens with one attached hydrogen (secondary N) is 2. The number of carbonyl (C=O) groups excluding carboxylic acids is 1. The normalized spacial score (nSPS) is 11.1. The Morgan fingerprint density at radius 3 is 2.47 bits per heavy atom. The molecule has 1 amide bonds. The molecule has 0 fully saturated rings. The Hall–Kier alpha value is -3.04. The molecule has 3 rings (SSSR count). The Morgan fingerprint density at radius 2 is 1.80 bits per heavy atom. The van der Waals surface area contributed by atoms with E-state index in [1.807, 2.05) is 0 Å². The molecule has 0 saturated carbocycles. The largest absolute Gasteiger partial charge is 0.437 e. The number of halogens is 5. The quantitative estimate of drug-likeness (QED) is 0.504. The number of alkyl halides is 3. The lowest BCUT2D eigenvalue weighted by atomic mass is 10.2. The average Bonchev–Trinajstić information content (AvgIpc) is 2.70. The van der Waals surface area contributed by atoms with Gasteiger partial charge in [0, 0.05) is 12.2 Å². The van der Waals surface area contributed by atoms with Crippen molar-refractivity contribution in [3.05, 3.63) is 76.0 Å². The van der Waals surface area contributed by atoms with Gasteiger partial charge >= 0.3 is 12.3 Å². The van der Waals surface area contributed by atoms with Gasteiger partial charge in [-0.3, -0.25) is 0 Å². The molecule has 0 aliphatic rings. The first-order valence-corrected chi connectivity index (χ1v) is 9.14. The fourth-order valence-electron chi connectivity index (χ4n) is 2.32. The second-order valence-corrected chi connectivity index (χ2v) is 6.70. The molecule has 0 radical (unpaired) electrons. The molecule has 0 bridgehead atoms. The van der Waals surface area contributed by atoms with Gasteiger partial charge in [-0.1, -0.05) is 53.5 Å². The molecule has 6 nitrogen and oxygen atoms in total. The molecule has 0 saturated heterocycles. The van der Waals surface area contributed by atoms with Crippen molar-refractivity contribution in [3.8, 4) is 5.75 Å². The van der Waals surface area contributed by atoms with Gasteiger partial charge in [0.05, 0.1) is 16.2 Å². The van der Waals surface area contributed by atoms with Gasteiger partial charge in [-0.2, -0.15) is 13.2 Å². The van der Waals surface area contributed by atoms with Crippen LogP contribution in [0.15, 0.2) is 54.7 Å². The van der Waals surface area contributed by atoms with E-state index in [2.05, 4.69) is 20.6 Å². The Labute approximate surface area is 179 Å². The molecule has 1 aromatic heterocycles. The molecule has 0 spiro atoms. The van der Waals surface area contributed by atoms with Crippen molar-refractivity contribution < 1.29 is 22.7 Å². The molecule has 11 heteroatoms. The summed E-state index contributed by atoms with van der Waals surface area (Å²) in [5, 5.41) is 5.44. The first kappa shape index (κ1) is 21.7. The highest BCUT2D eigenvalue weighted by molar-refractivity contribution is 6.42. The Bertz CT molecular complexity index is 1050. The van der Waals surface area contributed by atoms with Crippen LogP contribution < -0.4 is 15.4 Å². The fraction of sp³-hybridized carbons (Fsp3) is 0.105. The van der Waals surface area contributed by atoms with E-state index in [-0.39, 0.29) is 22.5 Å². The zero-order valence-corrected chi connectivity index (χ0v) is 16.5. The van der Waals surface area contributed by atoms with Crippen LogP contribution in [0.1, 0.15) is 11.3 Å². The first-order valence-electron chi connectivity index (χ1n) is 8.38. The summed E-state index contributed by atoms with van der Waals surface area (Å²) >= 11 is 11.7. The molecule has 0 aliphatic carbocycles. The van der Waals surface area contributed by atoms with Crippen molar-refractivity contribution in [1.29, 1.82) is 0 Å². The van der Waals surface area contributed by atoms with E-state index in [1.165, 1.54) is 18.2 Å². The number of carbonyl (C=O) groups is 1. The van der Waals surface area contributed by atoms with Gasteiger partial charge in [0.1, 0.15) is 0 Å². The SMILES string of the molecule is O=C(NCc1ccccc1)Oc1cnc(Nc2ccc(Cl)c(Cl)c2)nc1C(F)(F)F. The standard InChI is InChI=1S/C19H13Cl2F3N4O2/c20-13-7-6-12(8-14(13)21)27-17-25-10-15(16(28-17)19(22,23)24)30-18(29)26-9-11-4-2-1-3-5-11/h1-8,10H,9H2,(H,26,29)(H,25,27,28). The second-order valence-electron chi connectivity index (χ2n) is 5.89. The molecule has 0 unspecified atom stereocenters. The van der Waals surface area contributed by atoms with E-state index in [0.29, 0.717) is 5.69 Å². The molecule has 1 heterocycles. The lowest BCUT2D eigenvalue weighted by Gasteiger charge is -2.14. The molecule has 30 heavy (non-hydrogen) atoms. The first-order chi connectivity index (χ1) is 14.2. The van der Waals surface area contributed by atoms with Crippen LogP contribution in [-0.4, -0.2) is 16.1 Å². The minimum atomic E-state index is -4.88. The van der Waals surface area contributed by atoms with Gasteiger partial charge in [-0.15, -0.1) is 0 Å². The summed E-state index contributed by atoms with van der Waals surface area (Å²) in [4.78, 5) is 19.1. The van der Waals surface area contributed by atoms with Crippen LogP contribution in [0, 0.1) is 0 Å². The number of anilines is 2. The molecular weight excluding hydrogens is 444 g/mol. The van der Waals surface area contributed by atoms with Crippen LogP contribution in [0.4, 0.5) is 29.6 Å². The molecule has 0 aliphatic heterocycles. The number of hydrogen-bond donors (Lipinski definition) is 2. The number of rotatable bonds is 5. The van der Waals surface area contributed by atoms with E-state index in [0.717, 1.165) is 11.8 Å². The third-order valence-electron chi connectivity index (χ3n) is 3.68. The third-order valence-corrected chi connectivity index (χ3v) is 4.42. The van der Waals surface area contributed by atoms with Gasteiger partial charge in [-0.05, 0) is 23.8 Å². The van der Waals surface area contributed by atoms with E-state index in [9.17, 15) is 18.0 Å². The molecule has 0 atom stereocenters. The summed E-state index contributed by atoms with van der Waals surface area (Å²) in [7, 11) is 0. The van der Waals surface area contributed by atoms with Gasteiger partial charge < -0.3 is 15.4 Å². The highest BCUT2D eigenvalue weighted by Crippen LogP contribution is 2.35. The zero-order chi connectivity index (χ0) is 21.7. The molecule has 3 aromatic rings. The minimum Gasteiger partial charge on any atom is -0.406 e. The lowest BCUT2D eigenvalue weighted by molar-refractivity contribution is -0.142. The maximum atomic E-state index is 13.4. The molecule has 156 valence electrons. The summed E-state index contributed by atoms with van der Waals surface area (Å²) in [6, 6.07) is 13.2. The van der Waals surface area contributed by atoms with Gasteiger partial charge in [-0.25, -0.2) is 14.8 Å². The minimum absolute atomic E-state index is 0.0822. The van der Waals surface area contributed by atoms with Crippen molar-refractivity contribution in [1.82, 2.24) is 15.3 Å². The number of amides is 1. The lowest BCUT2D eigenvalue weighted by Crippen LogP contribution is -2.27. The smallest absolute Gasteiger partial charge is 0.406 e. The number of hydrogen-bond acceptors (Lipinski definition) is 5. The summed E-state index contributed by atoms with van der Waals surface area (Å²) in [6.45, 7) is 0.0822. The fourth-order valence-corrected chi connectivity index (χ4v) is 2.62. The van der Waals surface area contributed by atoms with E-state index in [4.69, 9.17) is 27.9 Å². The van der Waals surface area contributed by atoms with Crippen molar-refractivity contribution in [3.63, 3.8) is 0 Å². The predicted octanol–water partition coefficient (Wildman–Crippen LogP) is 5.83. The topological polar surface area (TPSA) is 76.1 Å². The highest BCUT2D eigenvalue weighted by Gasteiger charge is 2.38. The Kier molecular flexibility index (Phi) is 6.63. The molecule has 2 N–H and O–H groups in total. The number of aromatic nitrogens is 2. The molecule has 2 aromatic carbocycles. The second kappa shape index (κ2) is 9.19. The third kappa shape index (κ3) is 5.74. The Morgan fingerprint density at radius 1 is 1.07 bits per heavy atom. The number of benzene rings is 2. The maximum absolute atomic E-state index is 13.4. The zero-order valence-electron chi connectivity index (χ0n) is 15.0. The van der Waals surface area contributed by atoms with Crippen LogP contribution in [-0.2, 0) is 12.7 Å². The van der Waals surface area contributed by atoms with E-state index >= 15 is 0 Å². The Balaban J connectivity index is 1.75. The van der Waals surface area contributed by atoms with Gasteiger partial charge in [0.2, 0.25) is 5.95 Å². The van der Waals surface area contributed by atoms with E-state index in [1.54, 1.807) is 30.3 Å². The summed E-state index contributed by atoms with van der Waals surface area (Å²) in [5.41, 5.74) is -0.329. The highest BCUT2D eigenvalue weighted by atomic mass is 35.5. The van der Waals surface area contributed by atoms with Crippen LogP contribution in [0.5, 0.6) is 5.75 Å². The number of nitrogens with zero attached hydrogens (tertiary/aromatic N) is 2. The van der Waals surface area contributed by atoms with Gasteiger partial charge in [0.25, 0.3) is 0 Å². The monoisotopic (exact) mass is 456 g/mol. The van der Waals surface area contributed by atoms with E-state index < -0.39 is 23.7 Å². The van der Waals surface area contributed by atoms with Crippen LogP contribution in [0.3, 0.4) is 0 Å². The molecular formula is C19H13Cl2F3N4O2. The predicted molar refractivity (Wildman–Crippen MR) is 106 cm³/mol. The van der Waals surface area contributed by atoms with Crippen molar-refractivity contribution in [2.24, 2.45) is 0 Å². The van der Waals surface area contributed by atoms with Gasteiger partial charge in [0.15, 0.2) is 11.4 Å².